The van der Waals surface area contributed by atoms with E-state index >= 15 is 0 Å². The van der Waals surface area contributed by atoms with Crippen LogP contribution in [0.5, 0.6) is 0 Å². The van der Waals surface area contributed by atoms with E-state index in [1.54, 1.807) is 0 Å². The molecular formula is C13H15N3O2S. The van der Waals surface area contributed by atoms with Crippen LogP contribution < -0.4 is 16.2 Å². The summed E-state index contributed by atoms with van der Waals surface area (Å²) >= 11 is 1.26. The molecule has 1 atom stereocenters. The molecule has 0 aromatic heterocycles. The van der Waals surface area contributed by atoms with Gasteiger partial charge in [0, 0.05) is 18.4 Å². The number of hydrogen-bond donors (Lipinski definition) is 3. The number of rotatable bonds is 3. The van der Waals surface area contributed by atoms with Crippen LogP contribution in [0, 0.1) is 0 Å². The fourth-order valence-electron chi connectivity index (χ4n) is 1.61. The Hall–Kier alpha value is -1.79. The highest BCUT2D eigenvalue weighted by atomic mass is 32.2. The van der Waals surface area contributed by atoms with Gasteiger partial charge in [0.05, 0.1) is 6.04 Å². The first kappa shape index (κ1) is 13.6. The van der Waals surface area contributed by atoms with Crippen molar-refractivity contribution in [1.29, 1.82) is 0 Å². The van der Waals surface area contributed by atoms with Gasteiger partial charge >= 0.3 is 0 Å². The number of carbonyl (C=O) groups is 2. The lowest BCUT2D eigenvalue weighted by Gasteiger charge is -2.20. The van der Waals surface area contributed by atoms with Gasteiger partial charge in [-0.05, 0) is 17.7 Å². The summed E-state index contributed by atoms with van der Waals surface area (Å²) < 4.78 is 0. The van der Waals surface area contributed by atoms with Gasteiger partial charge in [-0.25, -0.2) is 5.43 Å². The fraction of sp³-hybridized carbons (Fsp3) is 0.231. The summed E-state index contributed by atoms with van der Waals surface area (Å²) in [5, 5.41) is 2.66. The average molecular weight is 277 g/mol. The molecule has 1 fully saturated rings. The predicted octanol–water partition coefficient (Wildman–Crippen LogP) is 1.99. The van der Waals surface area contributed by atoms with Gasteiger partial charge in [-0.1, -0.05) is 36.0 Å². The van der Waals surface area contributed by atoms with Gasteiger partial charge < -0.3 is 5.32 Å². The van der Waals surface area contributed by atoms with E-state index in [9.17, 15) is 9.59 Å². The molecule has 0 aliphatic carbocycles. The third-order valence-electron chi connectivity index (χ3n) is 2.51. The molecule has 1 saturated heterocycles. The molecule has 0 bridgehead atoms. The van der Waals surface area contributed by atoms with E-state index in [1.807, 2.05) is 36.4 Å². The van der Waals surface area contributed by atoms with Crippen LogP contribution in [0.25, 0.3) is 6.08 Å². The normalized spacial score (nSPS) is 19.2. The van der Waals surface area contributed by atoms with E-state index < -0.39 is 0 Å². The van der Waals surface area contributed by atoms with Crippen molar-refractivity contribution in [1.82, 2.24) is 10.9 Å². The second kappa shape index (κ2) is 6.40. The monoisotopic (exact) mass is 277 g/mol. The molecule has 100 valence electrons. The quantitative estimate of drug-likeness (QED) is 0.790. The largest absolute Gasteiger partial charge is 0.326 e. The lowest BCUT2D eigenvalue weighted by Crippen LogP contribution is -2.47. The van der Waals surface area contributed by atoms with Gasteiger partial charge in [0.25, 0.3) is 5.24 Å². The van der Waals surface area contributed by atoms with Crippen molar-refractivity contribution >= 4 is 34.7 Å². The molecule has 0 saturated carbocycles. The topological polar surface area (TPSA) is 70.2 Å². The number of amides is 2. The lowest BCUT2D eigenvalue weighted by atomic mass is 10.1. The molecule has 1 aromatic rings. The Labute approximate surface area is 115 Å². The van der Waals surface area contributed by atoms with Crippen LogP contribution in [0.4, 0.5) is 10.5 Å². The molecule has 0 spiro atoms. The van der Waals surface area contributed by atoms with E-state index in [2.05, 4.69) is 16.2 Å². The maximum absolute atomic E-state index is 10.9. The summed E-state index contributed by atoms with van der Waals surface area (Å²) in [5.74, 6) is 0.634. The molecule has 1 aliphatic rings. The second-order valence-corrected chi connectivity index (χ2v) is 5.13. The fourth-order valence-corrected chi connectivity index (χ4v) is 2.26. The smallest absolute Gasteiger partial charge is 0.293 e. The number of anilines is 1. The highest BCUT2D eigenvalue weighted by molar-refractivity contribution is 8.13. The molecule has 0 radical (unpaired) electrons. The molecule has 1 aliphatic heterocycles. The third-order valence-corrected chi connectivity index (χ3v) is 3.40. The SMILES string of the molecule is CC(=O)Nc1ccc(C=CC2CSC(=O)NN2)cc1. The number of thioether (sulfide) groups is 1. The lowest BCUT2D eigenvalue weighted by molar-refractivity contribution is -0.114. The van der Waals surface area contributed by atoms with Gasteiger partial charge in [-0.15, -0.1) is 0 Å². The molecule has 6 heteroatoms. The van der Waals surface area contributed by atoms with Crippen LogP contribution in [-0.2, 0) is 4.79 Å². The van der Waals surface area contributed by atoms with Crippen molar-refractivity contribution in [3.8, 4) is 0 Å². The number of hydrazine groups is 1. The number of hydrogen-bond acceptors (Lipinski definition) is 4. The molecule has 1 unspecified atom stereocenters. The third kappa shape index (κ3) is 4.42. The van der Waals surface area contributed by atoms with Gasteiger partial charge in [0.1, 0.15) is 0 Å². The van der Waals surface area contributed by atoms with E-state index in [0.717, 1.165) is 11.3 Å². The molecule has 19 heavy (non-hydrogen) atoms. The average Bonchev–Trinajstić information content (AvgIpc) is 2.39. The Morgan fingerprint density at radius 1 is 1.42 bits per heavy atom. The predicted molar refractivity (Wildman–Crippen MR) is 77.7 cm³/mol. The summed E-state index contributed by atoms with van der Waals surface area (Å²) in [6.45, 7) is 1.48. The maximum Gasteiger partial charge on any atom is 0.293 e. The summed E-state index contributed by atoms with van der Waals surface area (Å²) in [7, 11) is 0. The zero-order chi connectivity index (χ0) is 13.7. The zero-order valence-electron chi connectivity index (χ0n) is 10.5. The first-order valence-electron chi connectivity index (χ1n) is 5.87. The second-order valence-electron chi connectivity index (χ2n) is 4.14. The zero-order valence-corrected chi connectivity index (χ0v) is 11.3. The Balaban J connectivity index is 1.91. The first-order valence-corrected chi connectivity index (χ1v) is 6.86. The van der Waals surface area contributed by atoms with Crippen molar-refractivity contribution < 1.29 is 9.59 Å². The highest BCUT2D eigenvalue weighted by Crippen LogP contribution is 2.13. The van der Waals surface area contributed by atoms with Crippen molar-refractivity contribution in [3.63, 3.8) is 0 Å². The Bertz CT molecular complexity index is 489. The minimum atomic E-state index is -0.0811. The molecule has 3 N–H and O–H groups in total. The van der Waals surface area contributed by atoms with Crippen LogP contribution >= 0.6 is 11.8 Å². The van der Waals surface area contributed by atoms with Crippen LogP contribution in [0.2, 0.25) is 0 Å². The number of benzene rings is 1. The van der Waals surface area contributed by atoms with Crippen LogP contribution in [0.3, 0.4) is 0 Å². The summed E-state index contributed by atoms with van der Waals surface area (Å²) in [4.78, 5) is 21.8. The molecule has 2 amide bonds. The standard InChI is InChI=1S/C13H15N3O2S/c1-9(17)14-11-5-2-10(3-6-11)4-7-12-8-19-13(18)16-15-12/h2-7,12,15H,8H2,1H3,(H,14,17)(H,16,18). The van der Waals surface area contributed by atoms with Crippen LogP contribution in [0.15, 0.2) is 30.3 Å². The molecule has 5 nitrogen and oxygen atoms in total. The summed E-state index contributed by atoms with van der Waals surface area (Å²) in [5.41, 5.74) is 7.31. The van der Waals surface area contributed by atoms with Gasteiger partial charge in [0.2, 0.25) is 5.91 Å². The molecule has 1 aromatic carbocycles. The minimum Gasteiger partial charge on any atom is -0.326 e. The number of carbonyl (C=O) groups excluding carboxylic acids is 2. The summed E-state index contributed by atoms with van der Waals surface area (Å²) in [6.07, 6.45) is 3.98. The Morgan fingerprint density at radius 2 is 2.16 bits per heavy atom. The Morgan fingerprint density at radius 3 is 2.74 bits per heavy atom. The molecule has 2 rings (SSSR count). The van der Waals surface area contributed by atoms with E-state index in [4.69, 9.17) is 0 Å². The first-order chi connectivity index (χ1) is 9.13. The van der Waals surface area contributed by atoms with Crippen molar-refractivity contribution in [2.45, 2.75) is 13.0 Å². The van der Waals surface area contributed by atoms with Crippen molar-refractivity contribution in [2.75, 3.05) is 11.1 Å². The van der Waals surface area contributed by atoms with E-state index in [0.29, 0.717) is 5.75 Å². The van der Waals surface area contributed by atoms with Crippen LogP contribution in [0.1, 0.15) is 12.5 Å². The Kier molecular flexibility index (Phi) is 4.59. The summed E-state index contributed by atoms with van der Waals surface area (Å²) in [6, 6.07) is 7.68. The molecule has 1 heterocycles. The van der Waals surface area contributed by atoms with Gasteiger partial charge in [0.15, 0.2) is 0 Å². The number of nitrogens with one attached hydrogen (secondary N) is 3. The van der Waals surface area contributed by atoms with Crippen molar-refractivity contribution in [3.05, 3.63) is 35.9 Å². The van der Waals surface area contributed by atoms with Gasteiger partial charge in [-0.2, -0.15) is 0 Å². The highest BCUT2D eigenvalue weighted by Gasteiger charge is 2.14. The maximum atomic E-state index is 10.9. The van der Waals surface area contributed by atoms with E-state index in [1.165, 1.54) is 18.7 Å². The van der Waals surface area contributed by atoms with Crippen LogP contribution in [-0.4, -0.2) is 22.9 Å². The van der Waals surface area contributed by atoms with Crippen molar-refractivity contribution in [2.24, 2.45) is 0 Å². The van der Waals surface area contributed by atoms with E-state index in [-0.39, 0.29) is 17.2 Å². The minimum absolute atomic E-state index is 0.0516. The molecular weight excluding hydrogens is 262 g/mol. The van der Waals surface area contributed by atoms with Gasteiger partial charge in [-0.3, -0.25) is 15.0 Å².